The van der Waals surface area contributed by atoms with Crippen LogP contribution in [0.15, 0.2) is 21.0 Å². The summed E-state index contributed by atoms with van der Waals surface area (Å²) in [4.78, 5) is 36.9. The molecular weight excluding hydrogens is 272 g/mol. The number of ether oxygens (including phenoxy) is 1. The molecule has 0 spiro atoms. The fourth-order valence-corrected chi connectivity index (χ4v) is 2.35. The maximum Gasteiger partial charge on any atom is 0.350 e. The Morgan fingerprint density at radius 2 is 2.16 bits per heavy atom. The number of aromatic nitrogens is 2. The van der Waals surface area contributed by atoms with Crippen molar-refractivity contribution < 1.29 is 14.6 Å². The minimum absolute atomic E-state index is 0.0124. The molecule has 0 bridgehead atoms. The molecule has 19 heavy (non-hydrogen) atoms. The van der Waals surface area contributed by atoms with E-state index in [9.17, 15) is 19.5 Å². The van der Waals surface area contributed by atoms with Crippen molar-refractivity contribution >= 4 is 17.3 Å². The number of thiophene rings is 1. The minimum atomic E-state index is -0.823. The second-order valence-electron chi connectivity index (χ2n) is 3.67. The predicted molar refractivity (Wildman–Crippen MR) is 68.3 cm³/mol. The largest absolute Gasteiger partial charge is 0.494 e. The SMILES string of the molecule is COC(=O)c1sccc1-n1c(O)c(C)c(=O)[nH]c1=O. The molecule has 0 unspecified atom stereocenters. The second kappa shape index (κ2) is 4.73. The number of carbonyl (C=O) groups excluding carboxylic acids is 1. The number of hydrogen-bond donors (Lipinski definition) is 2. The number of aromatic amines is 1. The molecule has 0 aliphatic rings. The van der Waals surface area contributed by atoms with Crippen LogP contribution >= 0.6 is 11.3 Å². The van der Waals surface area contributed by atoms with Gasteiger partial charge in [-0.3, -0.25) is 9.78 Å². The standard InChI is InChI=1S/C11H10N2O5S/c1-5-8(14)12-11(17)13(9(5)15)6-3-4-19-7(6)10(16)18-2/h3-4,15H,1-2H3,(H,12,14,17). The number of nitrogens with zero attached hydrogens (tertiary/aromatic N) is 1. The normalized spacial score (nSPS) is 10.4. The molecule has 0 saturated carbocycles. The number of esters is 1. The van der Waals surface area contributed by atoms with Crippen LogP contribution in [0.4, 0.5) is 0 Å². The number of methoxy groups -OCH3 is 1. The lowest BCUT2D eigenvalue weighted by molar-refractivity contribution is 0.0606. The van der Waals surface area contributed by atoms with Gasteiger partial charge in [-0.2, -0.15) is 0 Å². The fourth-order valence-electron chi connectivity index (χ4n) is 1.56. The Balaban J connectivity index is 2.78. The first-order valence-electron chi connectivity index (χ1n) is 5.18. The van der Waals surface area contributed by atoms with Crippen molar-refractivity contribution in [2.24, 2.45) is 0 Å². The molecule has 0 aromatic carbocycles. The molecule has 8 heteroatoms. The van der Waals surface area contributed by atoms with Crippen LogP contribution in [0.5, 0.6) is 5.88 Å². The van der Waals surface area contributed by atoms with E-state index in [1.54, 1.807) is 5.38 Å². The molecule has 0 aliphatic carbocycles. The van der Waals surface area contributed by atoms with Crippen LogP contribution in [0.1, 0.15) is 15.2 Å². The van der Waals surface area contributed by atoms with Crippen LogP contribution < -0.4 is 11.2 Å². The number of aromatic hydroxyl groups is 1. The second-order valence-corrected chi connectivity index (χ2v) is 4.59. The average Bonchev–Trinajstić information content (AvgIpc) is 2.84. The first kappa shape index (κ1) is 13.1. The summed E-state index contributed by atoms with van der Waals surface area (Å²) in [5, 5.41) is 11.5. The van der Waals surface area contributed by atoms with Crippen LogP contribution in [-0.4, -0.2) is 27.7 Å². The highest BCUT2D eigenvalue weighted by Gasteiger charge is 2.20. The van der Waals surface area contributed by atoms with E-state index in [-0.39, 0.29) is 16.1 Å². The van der Waals surface area contributed by atoms with Crippen LogP contribution in [0.25, 0.3) is 5.69 Å². The summed E-state index contributed by atoms with van der Waals surface area (Å²) in [7, 11) is 1.21. The van der Waals surface area contributed by atoms with Gasteiger partial charge in [0.2, 0.25) is 5.88 Å². The maximum absolute atomic E-state index is 11.8. The Labute approximate surface area is 110 Å². The van der Waals surface area contributed by atoms with Gasteiger partial charge in [-0.05, 0) is 18.4 Å². The summed E-state index contributed by atoms with van der Waals surface area (Å²) in [6.07, 6.45) is 0. The van der Waals surface area contributed by atoms with Crippen LogP contribution in [0.2, 0.25) is 0 Å². The van der Waals surface area contributed by atoms with Gasteiger partial charge in [0, 0.05) is 0 Å². The van der Waals surface area contributed by atoms with Gasteiger partial charge in [-0.25, -0.2) is 14.2 Å². The summed E-state index contributed by atoms with van der Waals surface area (Å²) in [6, 6.07) is 1.48. The first-order chi connectivity index (χ1) is 8.97. The molecule has 2 aromatic heterocycles. The van der Waals surface area contributed by atoms with Crippen molar-refractivity contribution in [2.75, 3.05) is 7.11 Å². The summed E-state index contributed by atoms with van der Waals surface area (Å²) in [5.74, 6) is -1.13. The zero-order valence-electron chi connectivity index (χ0n) is 10.1. The van der Waals surface area contributed by atoms with E-state index < -0.39 is 23.1 Å². The fraction of sp³-hybridized carbons (Fsp3) is 0.182. The van der Waals surface area contributed by atoms with Gasteiger partial charge in [0.15, 0.2) is 0 Å². The molecule has 0 atom stereocenters. The van der Waals surface area contributed by atoms with E-state index in [1.165, 1.54) is 20.1 Å². The van der Waals surface area contributed by atoms with E-state index in [0.29, 0.717) is 0 Å². The summed E-state index contributed by atoms with van der Waals surface area (Å²) < 4.78 is 5.45. The molecule has 0 aliphatic heterocycles. The molecule has 2 rings (SSSR count). The highest BCUT2D eigenvalue weighted by atomic mass is 32.1. The number of hydrogen-bond acceptors (Lipinski definition) is 6. The third-order valence-electron chi connectivity index (χ3n) is 2.57. The molecule has 2 N–H and O–H groups in total. The Kier molecular flexibility index (Phi) is 3.26. The van der Waals surface area contributed by atoms with Crippen molar-refractivity contribution in [2.45, 2.75) is 6.92 Å². The van der Waals surface area contributed by atoms with Crippen molar-refractivity contribution in [3.8, 4) is 11.6 Å². The molecular formula is C11H10N2O5S. The zero-order valence-corrected chi connectivity index (χ0v) is 10.9. The number of H-pyrrole nitrogens is 1. The highest BCUT2D eigenvalue weighted by molar-refractivity contribution is 7.12. The Hall–Kier alpha value is -2.35. The van der Waals surface area contributed by atoms with Gasteiger partial charge in [-0.1, -0.05) is 0 Å². The van der Waals surface area contributed by atoms with Crippen molar-refractivity contribution in [3.05, 3.63) is 42.7 Å². The zero-order chi connectivity index (χ0) is 14.2. The lowest BCUT2D eigenvalue weighted by atomic mass is 10.3. The topological polar surface area (TPSA) is 101 Å². The van der Waals surface area contributed by atoms with Crippen LogP contribution in [0.3, 0.4) is 0 Å². The maximum atomic E-state index is 11.8. The minimum Gasteiger partial charge on any atom is -0.494 e. The quantitative estimate of drug-likeness (QED) is 0.776. The van der Waals surface area contributed by atoms with Gasteiger partial charge in [0.25, 0.3) is 5.56 Å². The monoisotopic (exact) mass is 282 g/mol. The van der Waals surface area contributed by atoms with Gasteiger partial charge in [0.05, 0.1) is 18.4 Å². The third-order valence-corrected chi connectivity index (χ3v) is 3.45. The predicted octanol–water partition coefficient (Wildman–Crippen LogP) is 0.388. The molecule has 0 fully saturated rings. The van der Waals surface area contributed by atoms with Crippen LogP contribution in [0, 0.1) is 6.92 Å². The molecule has 7 nitrogen and oxygen atoms in total. The van der Waals surface area contributed by atoms with Gasteiger partial charge < -0.3 is 9.84 Å². The van der Waals surface area contributed by atoms with Crippen molar-refractivity contribution in [1.82, 2.24) is 9.55 Å². The third kappa shape index (κ3) is 2.06. The highest BCUT2D eigenvalue weighted by Crippen LogP contribution is 2.24. The number of nitrogens with one attached hydrogen (secondary N) is 1. The number of rotatable bonds is 2. The van der Waals surface area contributed by atoms with Gasteiger partial charge >= 0.3 is 11.7 Å². The Morgan fingerprint density at radius 3 is 2.79 bits per heavy atom. The van der Waals surface area contributed by atoms with Gasteiger partial charge in [-0.15, -0.1) is 11.3 Å². The van der Waals surface area contributed by atoms with Crippen molar-refractivity contribution in [1.29, 1.82) is 0 Å². The summed E-state index contributed by atoms with van der Waals surface area (Å²) in [5.41, 5.74) is -1.34. The Morgan fingerprint density at radius 1 is 1.47 bits per heavy atom. The molecule has 0 amide bonds. The summed E-state index contributed by atoms with van der Waals surface area (Å²) >= 11 is 1.07. The smallest absolute Gasteiger partial charge is 0.350 e. The van der Waals surface area contributed by atoms with E-state index in [4.69, 9.17) is 0 Å². The van der Waals surface area contributed by atoms with E-state index in [1.807, 2.05) is 0 Å². The van der Waals surface area contributed by atoms with Crippen LogP contribution in [-0.2, 0) is 4.74 Å². The van der Waals surface area contributed by atoms with Gasteiger partial charge in [0.1, 0.15) is 4.88 Å². The Bertz CT molecular complexity index is 755. The lowest BCUT2D eigenvalue weighted by Gasteiger charge is -2.09. The lowest BCUT2D eigenvalue weighted by Crippen LogP contribution is -2.30. The molecule has 100 valence electrons. The first-order valence-corrected chi connectivity index (χ1v) is 6.06. The van der Waals surface area contributed by atoms with E-state index in [2.05, 4.69) is 9.72 Å². The number of carbonyl (C=O) groups is 1. The van der Waals surface area contributed by atoms with Crippen molar-refractivity contribution in [3.63, 3.8) is 0 Å². The molecule has 0 saturated heterocycles. The molecule has 0 radical (unpaired) electrons. The molecule has 2 aromatic rings. The average molecular weight is 282 g/mol. The van der Waals surface area contributed by atoms with E-state index >= 15 is 0 Å². The van der Waals surface area contributed by atoms with E-state index in [0.717, 1.165) is 15.9 Å². The molecule has 2 heterocycles. The summed E-state index contributed by atoms with van der Waals surface area (Å²) in [6.45, 7) is 1.37.